The number of thiophene rings is 1. The van der Waals surface area contributed by atoms with Crippen LogP contribution in [0.15, 0.2) is 51.4 Å². The third-order valence-corrected chi connectivity index (χ3v) is 5.44. The van der Waals surface area contributed by atoms with Gasteiger partial charge in [0.15, 0.2) is 0 Å². The number of thioether (sulfide) groups is 1. The van der Waals surface area contributed by atoms with Crippen LogP contribution in [0.2, 0.25) is 0 Å². The summed E-state index contributed by atoms with van der Waals surface area (Å²) in [5.41, 5.74) is 0.763. The van der Waals surface area contributed by atoms with Gasteiger partial charge in [-0.15, -0.1) is 26.6 Å². The molecule has 0 aliphatic heterocycles. The molecular weight excluding hydrogens is 372 g/mol. The number of aromatic nitrogens is 6. The van der Waals surface area contributed by atoms with E-state index in [0.29, 0.717) is 22.7 Å². The zero-order valence-electron chi connectivity index (χ0n) is 13.9. The fraction of sp³-hybridized carbons (Fsp3) is 0.188. The van der Waals surface area contributed by atoms with E-state index in [1.807, 2.05) is 48.7 Å². The van der Waals surface area contributed by atoms with Crippen LogP contribution < -0.4 is 4.74 Å². The standard InChI is InChI=1S/C16H14N6O2S2/c1-10(14-17-18-15(24-14)13-8-5-9-25-13)26-16-19-20-21-22(16)11-6-3-4-7-12(11)23-2/h3-10H,1-2H3/t10-/m1/s1. The maximum atomic E-state index is 5.79. The molecule has 132 valence electrons. The lowest BCUT2D eigenvalue weighted by atomic mass is 10.3. The van der Waals surface area contributed by atoms with Crippen molar-refractivity contribution in [1.29, 1.82) is 0 Å². The first kappa shape index (κ1) is 16.7. The number of nitrogens with zero attached hydrogens (tertiary/aromatic N) is 6. The molecule has 0 aliphatic rings. The third-order valence-electron chi connectivity index (χ3n) is 3.56. The minimum absolute atomic E-state index is 0.115. The number of rotatable bonds is 6. The normalized spacial score (nSPS) is 12.2. The molecule has 1 atom stereocenters. The Morgan fingerprint density at radius 2 is 2.04 bits per heavy atom. The molecule has 0 spiro atoms. The van der Waals surface area contributed by atoms with Crippen LogP contribution in [0.4, 0.5) is 0 Å². The summed E-state index contributed by atoms with van der Waals surface area (Å²) in [6.45, 7) is 1.97. The quantitative estimate of drug-likeness (QED) is 0.464. The highest BCUT2D eigenvalue weighted by Gasteiger charge is 2.21. The van der Waals surface area contributed by atoms with Gasteiger partial charge in [-0.3, -0.25) is 0 Å². The Kier molecular flexibility index (Phi) is 4.67. The topological polar surface area (TPSA) is 91.8 Å². The van der Waals surface area contributed by atoms with Gasteiger partial charge >= 0.3 is 0 Å². The molecule has 4 rings (SSSR count). The molecule has 3 aromatic heterocycles. The van der Waals surface area contributed by atoms with Crippen molar-refractivity contribution >= 4 is 23.1 Å². The monoisotopic (exact) mass is 386 g/mol. The van der Waals surface area contributed by atoms with E-state index in [1.54, 1.807) is 23.1 Å². The van der Waals surface area contributed by atoms with Crippen molar-refractivity contribution in [3.05, 3.63) is 47.7 Å². The molecule has 0 fully saturated rings. The minimum Gasteiger partial charge on any atom is -0.494 e. The second-order valence-electron chi connectivity index (χ2n) is 5.23. The Morgan fingerprint density at radius 1 is 1.15 bits per heavy atom. The van der Waals surface area contributed by atoms with Gasteiger partial charge in [0.2, 0.25) is 11.0 Å². The van der Waals surface area contributed by atoms with Crippen molar-refractivity contribution in [2.75, 3.05) is 7.11 Å². The van der Waals surface area contributed by atoms with E-state index < -0.39 is 0 Å². The second kappa shape index (κ2) is 7.26. The van der Waals surface area contributed by atoms with Gasteiger partial charge < -0.3 is 9.15 Å². The molecule has 8 nitrogen and oxygen atoms in total. The van der Waals surface area contributed by atoms with Crippen LogP contribution in [-0.4, -0.2) is 37.5 Å². The lowest BCUT2D eigenvalue weighted by Gasteiger charge is -2.10. The fourth-order valence-corrected chi connectivity index (χ4v) is 3.79. The summed E-state index contributed by atoms with van der Waals surface area (Å²) in [6.07, 6.45) is 0. The zero-order valence-corrected chi connectivity index (χ0v) is 15.6. The Labute approximate surface area is 157 Å². The van der Waals surface area contributed by atoms with Crippen LogP contribution in [0.25, 0.3) is 16.5 Å². The van der Waals surface area contributed by atoms with E-state index in [9.17, 15) is 0 Å². The van der Waals surface area contributed by atoms with Crippen molar-refractivity contribution in [1.82, 2.24) is 30.4 Å². The van der Waals surface area contributed by atoms with Gasteiger partial charge in [-0.05, 0) is 40.9 Å². The van der Waals surface area contributed by atoms with Crippen LogP contribution in [0.1, 0.15) is 18.1 Å². The smallest absolute Gasteiger partial charge is 0.257 e. The van der Waals surface area contributed by atoms with Crippen LogP contribution in [0, 0.1) is 0 Å². The van der Waals surface area contributed by atoms with E-state index in [-0.39, 0.29) is 5.25 Å². The first-order chi connectivity index (χ1) is 12.8. The van der Waals surface area contributed by atoms with Gasteiger partial charge in [-0.2, -0.15) is 4.68 Å². The Hall–Kier alpha value is -2.72. The third kappa shape index (κ3) is 3.20. The largest absolute Gasteiger partial charge is 0.494 e. The molecule has 0 saturated carbocycles. The number of para-hydroxylation sites is 2. The maximum Gasteiger partial charge on any atom is 0.257 e. The molecule has 0 radical (unpaired) electrons. The average molecular weight is 386 g/mol. The predicted molar refractivity (Wildman–Crippen MR) is 97.6 cm³/mol. The second-order valence-corrected chi connectivity index (χ2v) is 7.48. The molecule has 10 heteroatoms. The Balaban J connectivity index is 1.58. The minimum atomic E-state index is -0.115. The van der Waals surface area contributed by atoms with Gasteiger partial charge in [0.1, 0.15) is 11.4 Å². The number of hydrogen-bond acceptors (Lipinski definition) is 9. The van der Waals surface area contributed by atoms with Crippen molar-refractivity contribution in [3.8, 4) is 22.2 Å². The van der Waals surface area contributed by atoms with Crippen LogP contribution >= 0.6 is 23.1 Å². The fourth-order valence-electron chi connectivity index (χ4n) is 2.32. The van der Waals surface area contributed by atoms with E-state index in [2.05, 4.69) is 25.7 Å². The zero-order chi connectivity index (χ0) is 17.9. The maximum absolute atomic E-state index is 5.79. The summed E-state index contributed by atoms with van der Waals surface area (Å²) in [6, 6.07) is 11.5. The summed E-state index contributed by atoms with van der Waals surface area (Å²) in [4.78, 5) is 0.944. The predicted octanol–water partition coefficient (Wildman–Crippen LogP) is 3.64. The summed E-state index contributed by atoms with van der Waals surface area (Å²) in [5, 5.41) is 22.7. The van der Waals surface area contributed by atoms with Crippen LogP contribution in [-0.2, 0) is 0 Å². The summed E-state index contributed by atoms with van der Waals surface area (Å²) >= 11 is 2.99. The molecule has 0 N–H and O–H groups in total. The number of hydrogen-bond donors (Lipinski definition) is 0. The van der Waals surface area contributed by atoms with Gasteiger partial charge in [0.05, 0.1) is 17.2 Å². The Bertz CT molecular complexity index is 998. The Morgan fingerprint density at radius 3 is 2.85 bits per heavy atom. The molecule has 0 amide bonds. The van der Waals surface area contributed by atoms with Crippen molar-refractivity contribution in [2.45, 2.75) is 17.3 Å². The molecule has 26 heavy (non-hydrogen) atoms. The highest BCUT2D eigenvalue weighted by molar-refractivity contribution is 7.99. The van der Waals surface area contributed by atoms with Gasteiger partial charge in [0, 0.05) is 0 Å². The molecule has 1 aromatic carbocycles. The average Bonchev–Trinajstić information content (AvgIpc) is 3.41. The molecule has 0 bridgehead atoms. The summed E-state index contributed by atoms with van der Waals surface area (Å²) < 4.78 is 12.8. The van der Waals surface area contributed by atoms with Gasteiger partial charge in [-0.25, -0.2) is 0 Å². The molecule has 0 unspecified atom stereocenters. The van der Waals surface area contributed by atoms with E-state index >= 15 is 0 Å². The van der Waals surface area contributed by atoms with Crippen molar-refractivity contribution in [2.24, 2.45) is 0 Å². The lowest BCUT2D eigenvalue weighted by molar-refractivity contribution is 0.410. The number of methoxy groups -OCH3 is 1. The van der Waals surface area contributed by atoms with E-state index in [0.717, 1.165) is 10.6 Å². The summed E-state index contributed by atoms with van der Waals surface area (Å²) in [5.74, 6) is 1.73. The highest BCUT2D eigenvalue weighted by Crippen LogP contribution is 2.36. The number of benzene rings is 1. The molecular formula is C16H14N6O2S2. The van der Waals surface area contributed by atoms with Crippen LogP contribution in [0.3, 0.4) is 0 Å². The highest BCUT2D eigenvalue weighted by atomic mass is 32.2. The SMILES string of the molecule is COc1ccccc1-n1nnnc1S[C@H](C)c1nnc(-c2cccs2)o1. The lowest BCUT2D eigenvalue weighted by Crippen LogP contribution is -2.02. The number of ether oxygens (including phenoxy) is 1. The first-order valence-electron chi connectivity index (χ1n) is 7.72. The van der Waals surface area contributed by atoms with Crippen molar-refractivity contribution < 1.29 is 9.15 Å². The molecule has 3 heterocycles. The summed E-state index contributed by atoms with van der Waals surface area (Å²) in [7, 11) is 1.61. The van der Waals surface area contributed by atoms with E-state index in [4.69, 9.17) is 9.15 Å². The first-order valence-corrected chi connectivity index (χ1v) is 9.48. The van der Waals surface area contributed by atoms with Crippen LogP contribution in [0.5, 0.6) is 5.75 Å². The van der Waals surface area contributed by atoms with Gasteiger partial charge in [-0.1, -0.05) is 30.0 Å². The van der Waals surface area contributed by atoms with Gasteiger partial charge in [0.25, 0.3) is 5.89 Å². The molecule has 0 aliphatic carbocycles. The van der Waals surface area contributed by atoms with Crippen molar-refractivity contribution in [3.63, 3.8) is 0 Å². The number of tetrazole rings is 1. The molecule has 0 saturated heterocycles. The van der Waals surface area contributed by atoms with E-state index in [1.165, 1.54) is 11.8 Å². The molecule has 4 aromatic rings.